The molecule has 3 rings (SSSR count). The number of hydrogen-bond donors (Lipinski definition) is 2. The molecule has 0 spiro atoms. The van der Waals surface area contributed by atoms with Gasteiger partial charge in [0, 0.05) is 18.7 Å². The number of carbonyl (C=O) groups is 2. The van der Waals surface area contributed by atoms with Gasteiger partial charge >= 0.3 is 5.97 Å². The maximum Gasteiger partial charge on any atom is 0.326 e. The van der Waals surface area contributed by atoms with Crippen LogP contribution >= 0.6 is 0 Å². The molecule has 1 amide bonds. The average Bonchev–Trinajstić information content (AvgIpc) is 2.53. The van der Waals surface area contributed by atoms with Crippen LogP contribution in [-0.4, -0.2) is 41.0 Å². The lowest BCUT2D eigenvalue weighted by Gasteiger charge is -2.34. The van der Waals surface area contributed by atoms with Gasteiger partial charge < -0.3 is 15.3 Å². The molecule has 2 heterocycles. The molecule has 1 atom stereocenters. The van der Waals surface area contributed by atoms with Gasteiger partial charge in [-0.15, -0.1) is 0 Å². The first-order valence-corrected chi connectivity index (χ1v) is 7.54. The van der Waals surface area contributed by atoms with E-state index < -0.39 is 12.0 Å². The molecule has 0 aromatic heterocycles. The van der Waals surface area contributed by atoms with Gasteiger partial charge in [-0.1, -0.05) is 12.1 Å². The largest absolute Gasteiger partial charge is 0.480 e. The molecule has 1 saturated heterocycles. The molecule has 112 valence electrons. The highest BCUT2D eigenvalue weighted by atomic mass is 16.4. The van der Waals surface area contributed by atoms with Gasteiger partial charge in [0.05, 0.1) is 0 Å². The fraction of sp³-hybridized carbons (Fsp3) is 0.500. The zero-order valence-electron chi connectivity index (χ0n) is 12.0. The van der Waals surface area contributed by atoms with E-state index in [-0.39, 0.29) is 5.91 Å². The predicted molar refractivity (Wildman–Crippen MR) is 78.2 cm³/mol. The van der Waals surface area contributed by atoms with Gasteiger partial charge in [0.1, 0.15) is 6.04 Å². The topological polar surface area (TPSA) is 69.6 Å². The second-order valence-corrected chi connectivity index (χ2v) is 5.72. The fourth-order valence-corrected chi connectivity index (χ4v) is 3.32. The van der Waals surface area contributed by atoms with Crippen molar-refractivity contribution < 1.29 is 14.7 Å². The summed E-state index contributed by atoms with van der Waals surface area (Å²) in [6.07, 6.45) is 3.13. The predicted octanol–water partition coefficient (Wildman–Crippen LogP) is 1.41. The van der Waals surface area contributed by atoms with Crippen LogP contribution in [0, 0.1) is 0 Å². The summed E-state index contributed by atoms with van der Waals surface area (Å²) in [5.41, 5.74) is 2.91. The Labute approximate surface area is 123 Å². The molecule has 1 fully saturated rings. The van der Waals surface area contributed by atoms with Crippen LogP contribution in [0.25, 0.3) is 0 Å². The number of hydrogen-bond acceptors (Lipinski definition) is 3. The maximum atomic E-state index is 12.8. The molecule has 2 aliphatic rings. The Balaban J connectivity index is 1.92. The lowest BCUT2D eigenvalue weighted by molar-refractivity contribution is -0.143. The molecule has 2 N–H and O–H groups in total. The molecule has 1 aromatic rings. The fourth-order valence-electron chi connectivity index (χ4n) is 3.32. The van der Waals surface area contributed by atoms with Crippen LogP contribution in [0.3, 0.4) is 0 Å². The number of rotatable bonds is 2. The molecular formula is C16H20N2O3. The standard InChI is InChI=1S/C16H20N2O3/c19-15(18-9-2-1-6-14(18)16(20)21)13-5-3-4-11-10-17-8-7-12(11)13/h3-5,14,17H,1-2,6-10H2,(H,20,21). The monoisotopic (exact) mass is 288 g/mol. The Morgan fingerprint density at radius 1 is 1.29 bits per heavy atom. The summed E-state index contributed by atoms with van der Waals surface area (Å²) in [6, 6.07) is 5.07. The van der Waals surface area contributed by atoms with Crippen molar-refractivity contribution in [3.63, 3.8) is 0 Å². The third kappa shape index (κ3) is 2.65. The van der Waals surface area contributed by atoms with Gasteiger partial charge in [-0.25, -0.2) is 4.79 Å². The number of benzene rings is 1. The van der Waals surface area contributed by atoms with Crippen molar-refractivity contribution in [1.29, 1.82) is 0 Å². The molecular weight excluding hydrogens is 268 g/mol. The molecule has 0 saturated carbocycles. The number of amides is 1. The summed E-state index contributed by atoms with van der Waals surface area (Å²) in [5.74, 6) is -1.02. The van der Waals surface area contributed by atoms with Crippen LogP contribution in [0.2, 0.25) is 0 Å². The molecule has 1 unspecified atom stereocenters. The molecule has 5 heteroatoms. The van der Waals surface area contributed by atoms with Crippen molar-refractivity contribution in [2.45, 2.75) is 38.3 Å². The van der Waals surface area contributed by atoms with Crippen LogP contribution in [0.4, 0.5) is 0 Å². The van der Waals surface area contributed by atoms with E-state index in [1.54, 1.807) is 4.90 Å². The Hall–Kier alpha value is -1.88. The summed E-state index contributed by atoms with van der Waals surface area (Å²) in [7, 11) is 0. The van der Waals surface area contributed by atoms with Crippen LogP contribution in [0.1, 0.15) is 40.7 Å². The van der Waals surface area contributed by atoms with E-state index in [1.807, 2.05) is 18.2 Å². The summed E-state index contributed by atoms with van der Waals surface area (Å²) in [4.78, 5) is 25.8. The summed E-state index contributed by atoms with van der Waals surface area (Å²) < 4.78 is 0. The molecule has 0 bridgehead atoms. The lowest BCUT2D eigenvalue weighted by Crippen LogP contribution is -2.48. The van der Waals surface area contributed by atoms with Crippen LogP contribution in [0.5, 0.6) is 0 Å². The van der Waals surface area contributed by atoms with Gasteiger partial charge in [0.25, 0.3) is 5.91 Å². The van der Waals surface area contributed by atoms with Crippen molar-refractivity contribution in [3.8, 4) is 0 Å². The van der Waals surface area contributed by atoms with Gasteiger partial charge in [0.2, 0.25) is 0 Å². The number of fused-ring (bicyclic) bond motifs is 1. The zero-order valence-corrected chi connectivity index (χ0v) is 12.0. The second kappa shape index (κ2) is 5.85. The van der Waals surface area contributed by atoms with E-state index in [0.29, 0.717) is 18.5 Å². The van der Waals surface area contributed by atoms with E-state index in [0.717, 1.165) is 43.5 Å². The van der Waals surface area contributed by atoms with Crippen LogP contribution in [-0.2, 0) is 17.8 Å². The highest BCUT2D eigenvalue weighted by Gasteiger charge is 2.33. The van der Waals surface area contributed by atoms with Crippen molar-refractivity contribution in [2.24, 2.45) is 0 Å². The number of aliphatic carboxylic acids is 1. The summed E-state index contributed by atoms with van der Waals surface area (Å²) in [6.45, 7) is 2.18. The minimum Gasteiger partial charge on any atom is -0.480 e. The van der Waals surface area contributed by atoms with Crippen LogP contribution < -0.4 is 5.32 Å². The third-order valence-electron chi connectivity index (χ3n) is 4.42. The molecule has 0 radical (unpaired) electrons. The van der Waals surface area contributed by atoms with Gasteiger partial charge in [-0.05, 0) is 49.4 Å². The number of piperidine rings is 1. The number of nitrogens with zero attached hydrogens (tertiary/aromatic N) is 1. The van der Waals surface area contributed by atoms with Crippen molar-refractivity contribution in [1.82, 2.24) is 10.2 Å². The lowest BCUT2D eigenvalue weighted by atomic mass is 9.93. The zero-order chi connectivity index (χ0) is 14.8. The van der Waals surface area contributed by atoms with Crippen LogP contribution in [0.15, 0.2) is 18.2 Å². The highest BCUT2D eigenvalue weighted by molar-refractivity contribution is 5.98. The highest BCUT2D eigenvalue weighted by Crippen LogP contribution is 2.24. The molecule has 5 nitrogen and oxygen atoms in total. The average molecular weight is 288 g/mol. The van der Waals surface area contributed by atoms with Crippen molar-refractivity contribution >= 4 is 11.9 Å². The first-order chi connectivity index (χ1) is 10.2. The molecule has 21 heavy (non-hydrogen) atoms. The first-order valence-electron chi connectivity index (χ1n) is 7.54. The number of carboxylic acid groups (broad SMARTS) is 1. The Morgan fingerprint density at radius 3 is 2.95 bits per heavy atom. The van der Waals surface area contributed by atoms with E-state index >= 15 is 0 Å². The van der Waals surface area contributed by atoms with Crippen molar-refractivity contribution in [3.05, 3.63) is 34.9 Å². The quantitative estimate of drug-likeness (QED) is 0.863. The van der Waals surface area contributed by atoms with Gasteiger partial charge in [0.15, 0.2) is 0 Å². The SMILES string of the molecule is O=C(O)C1CCCCN1C(=O)c1cccc2c1CCNC2. The van der Waals surface area contributed by atoms with Crippen molar-refractivity contribution in [2.75, 3.05) is 13.1 Å². The molecule has 1 aromatic carbocycles. The summed E-state index contributed by atoms with van der Waals surface area (Å²) in [5, 5.41) is 12.6. The van der Waals surface area contributed by atoms with E-state index in [9.17, 15) is 14.7 Å². The number of carboxylic acids is 1. The number of nitrogens with one attached hydrogen (secondary N) is 1. The molecule has 0 aliphatic carbocycles. The number of carbonyl (C=O) groups excluding carboxylic acids is 1. The second-order valence-electron chi connectivity index (χ2n) is 5.72. The maximum absolute atomic E-state index is 12.8. The third-order valence-corrected chi connectivity index (χ3v) is 4.42. The minimum absolute atomic E-state index is 0.124. The summed E-state index contributed by atoms with van der Waals surface area (Å²) >= 11 is 0. The number of likely N-dealkylation sites (tertiary alicyclic amines) is 1. The van der Waals surface area contributed by atoms with E-state index in [1.165, 1.54) is 0 Å². The van der Waals surface area contributed by atoms with E-state index in [4.69, 9.17) is 0 Å². The van der Waals surface area contributed by atoms with Gasteiger partial charge in [-0.2, -0.15) is 0 Å². The molecule has 2 aliphatic heterocycles. The smallest absolute Gasteiger partial charge is 0.326 e. The Bertz CT molecular complexity index is 571. The van der Waals surface area contributed by atoms with Gasteiger partial charge in [-0.3, -0.25) is 4.79 Å². The van der Waals surface area contributed by atoms with E-state index in [2.05, 4.69) is 5.32 Å². The normalized spacial score (nSPS) is 21.7. The first kappa shape index (κ1) is 14.1. The Morgan fingerprint density at radius 2 is 2.14 bits per heavy atom. The minimum atomic E-state index is -0.894. The Kier molecular flexibility index (Phi) is 3.92.